The average Bonchev–Trinajstić information content (AvgIpc) is 2.43. The van der Waals surface area contributed by atoms with E-state index in [1.165, 1.54) is 25.6 Å². The minimum Gasteiger partial charge on any atom is -0.367 e. The number of rotatable bonds is 1. The van der Waals surface area contributed by atoms with E-state index in [9.17, 15) is 5.11 Å². The maximum absolute atomic E-state index is 9.72. The van der Waals surface area contributed by atoms with E-state index in [-0.39, 0.29) is 0 Å². The van der Waals surface area contributed by atoms with Crippen LogP contribution >= 0.6 is 22.6 Å². The molecule has 6 heteroatoms. The van der Waals surface area contributed by atoms with Crippen molar-refractivity contribution in [2.45, 2.75) is 31.4 Å². The third-order valence-electron chi connectivity index (χ3n) is 3.01. The number of aliphatic imine (C=N–C) groups is 1. The number of aromatic nitrogens is 2. The van der Waals surface area contributed by atoms with Crippen molar-refractivity contribution in [3.8, 4) is 0 Å². The molecule has 1 aliphatic carbocycles. The lowest BCUT2D eigenvalue weighted by Gasteiger charge is -2.26. The molecule has 0 radical (unpaired) electrons. The first-order chi connectivity index (χ1) is 7.27. The summed E-state index contributed by atoms with van der Waals surface area (Å²) in [4.78, 5) is 8.41. The normalized spacial score (nSPS) is 24.5. The average molecular weight is 318 g/mol. The highest BCUT2D eigenvalue weighted by Crippen LogP contribution is 2.37. The van der Waals surface area contributed by atoms with Crippen LogP contribution in [0.15, 0.2) is 4.99 Å². The van der Waals surface area contributed by atoms with Crippen LogP contribution in [-0.2, 0) is 0 Å². The number of imidazole rings is 1. The second kappa shape index (κ2) is 3.44. The Hall–Kier alpha value is -0.630. The molecule has 0 spiro atoms. The van der Waals surface area contributed by atoms with E-state index >= 15 is 0 Å². The fourth-order valence-corrected chi connectivity index (χ4v) is 2.72. The maximum Gasteiger partial charge on any atom is 0.192 e. The first-order valence-electron chi connectivity index (χ1n) is 5.01. The molecule has 1 unspecified atom stereocenters. The van der Waals surface area contributed by atoms with E-state index in [4.69, 9.17) is 0 Å². The van der Waals surface area contributed by atoms with Crippen molar-refractivity contribution in [1.82, 2.24) is 9.66 Å². The zero-order valence-electron chi connectivity index (χ0n) is 8.02. The number of nitrogens with zero attached hydrogens (tertiary/aromatic N) is 3. The van der Waals surface area contributed by atoms with Gasteiger partial charge in [0.15, 0.2) is 6.23 Å². The highest BCUT2D eigenvalue weighted by Gasteiger charge is 2.30. The minimum absolute atomic E-state index is 0.540. The van der Waals surface area contributed by atoms with E-state index in [0.29, 0.717) is 5.92 Å². The molecule has 1 fully saturated rings. The van der Waals surface area contributed by atoms with E-state index < -0.39 is 6.23 Å². The predicted octanol–water partition coefficient (Wildman–Crippen LogP) is 1.33. The van der Waals surface area contributed by atoms with Gasteiger partial charge < -0.3 is 5.11 Å². The van der Waals surface area contributed by atoms with Crippen LogP contribution < -0.4 is 5.43 Å². The molecule has 1 atom stereocenters. The Morgan fingerprint density at radius 3 is 3.00 bits per heavy atom. The van der Waals surface area contributed by atoms with Gasteiger partial charge in [0, 0.05) is 5.92 Å². The van der Waals surface area contributed by atoms with Crippen molar-refractivity contribution < 1.29 is 5.11 Å². The lowest BCUT2D eigenvalue weighted by molar-refractivity contribution is 0.176. The van der Waals surface area contributed by atoms with Crippen molar-refractivity contribution in [3.63, 3.8) is 0 Å². The lowest BCUT2D eigenvalue weighted by Crippen LogP contribution is -2.27. The Morgan fingerprint density at radius 1 is 1.53 bits per heavy atom. The first kappa shape index (κ1) is 9.59. The van der Waals surface area contributed by atoms with Crippen LogP contribution in [0.4, 0.5) is 0 Å². The highest BCUT2D eigenvalue weighted by molar-refractivity contribution is 14.1. The molecular weight excluding hydrogens is 307 g/mol. The number of aliphatic hydroxyl groups is 1. The van der Waals surface area contributed by atoms with Crippen LogP contribution in [0.2, 0.25) is 0 Å². The zero-order chi connectivity index (χ0) is 10.4. The quantitative estimate of drug-likeness (QED) is 0.768. The van der Waals surface area contributed by atoms with E-state index in [1.54, 1.807) is 0 Å². The Bertz CT molecular complexity index is 424. The van der Waals surface area contributed by atoms with Crippen molar-refractivity contribution >= 4 is 28.9 Å². The molecule has 1 aliphatic heterocycles. The Balaban J connectivity index is 2.07. The molecule has 0 saturated heterocycles. The third-order valence-corrected chi connectivity index (χ3v) is 3.81. The summed E-state index contributed by atoms with van der Waals surface area (Å²) in [6.07, 6.45) is 4.42. The number of nitrogens with one attached hydrogen (secondary N) is 1. The molecule has 0 bridgehead atoms. The summed E-state index contributed by atoms with van der Waals surface area (Å²) in [5.41, 5.74) is 3.79. The van der Waals surface area contributed by atoms with Crippen molar-refractivity contribution in [3.05, 3.63) is 15.2 Å². The Morgan fingerprint density at radius 2 is 2.33 bits per heavy atom. The SMILES string of the molecule is OC1N=CNn2c(C3CCC3)nc(I)c21. The summed E-state index contributed by atoms with van der Waals surface area (Å²) >= 11 is 2.15. The van der Waals surface area contributed by atoms with Crippen LogP contribution in [0.1, 0.15) is 42.9 Å². The van der Waals surface area contributed by atoms with Crippen LogP contribution in [0, 0.1) is 3.70 Å². The van der Waals surface area contributed by atoms with Gasteiger partial charge in [-0.25, -0.2) is 14.7 Å². The van der Waals surface area contributed by atoms with Gasteiger partial charge in [-0.1, -0.05) is 6.42 Å². The molecule has 1 saturated carbocycles. The van der Waals surface area contributed by atoms with E-state index in [2.05, 4.69) is 38.0 Å². The molecule has 3 rings (SSSR count). The summed E-state index contributed by atoms with van der Waals surface area (Å²) in [5, 5.41) is 9.72. The Labute approximate surface area is 101 Å². The molecule has 5 nitrogen and oxygen atoms in total. The molecule has 15 heavy (non-hydrogen) atoms. The van der Waals surface area contributed by atoms with E-state index in [1.807, 2.05) is 4.68 Å². The molecule has 2 aliphatic rings. The fraction of sp³-hybridized carbons (Fsp3) is 0.556. The minimum atomic E-state index is -0.778. The largest absolute Gasteiger partial charge is 0.367 e. The van der Waals surface area contributed by atoms with Crippen LogP contribution in [-0.4, -0.2) is 21.1 Å². The lowest BCUT2D eigenvalue weighted by atomic mass is 9.85. The molecule has 0 amide bonds. The van der Waals surface area contributed by atoms with Gasteiger partial charge in [0.2, 0.25) is 0 Å². The van der Waals surface area contributed by atoms with Crippen LogP contribution in [0.5, 0.6) is 0 Å². The second-order valence-corrected chi connectivity index (χ2v) is 4.91. The van der Waals surface area contributed by atoms with E-state index in [0.717, 1.165) is 15.2 Å². The smallest absolute Gasteiger partial charge is 0.192 e. The van der Waals surface area contributed by atoms with Gasteiger partial charge in [-0.15, -0.1) is 0 Å². The summed E-state index contributed by atoms with van der Waals surface area (Å²) < 4.78 is 2.72. The molecule has 2 heterocycles. The number of aliphatic hydroxyl groups excluding tert-OH is 1. The van der Waals surface area contributed by atoms with Crippen LogP contribution in [0.3, 0.4) is 0 Å². The standard InChI is InChI=1S/C9H11IN4O/c10-7-6-9(15)11-4-12-14(6)8(13-7)5-2-1-3-5/h4-5,9,15H,1-3H2,(H,11,12). The molecule has 2 N–H and O–H groups in total. The molecule has 0 aromatic carbocycles. The second-order valence-electron chi connectivity index (χ2n) is 3.89. The fourth-order valence-electron chi connectivity index (χ4n) is 1.95. The number of hydrogen-bond acceptors (Lipinski definition) is 4. The summed E-state index contributed by atoms with van der Waals surface area (Å²) in [5.74, 6) is 1.57. The van der Waals surface area contributed by atoms with Crippen molar-refractivity contribution in [1.29, 1.82) is 0 Å². The van der Waals surface area contributed by atoms with Crippen molar-refractivity contribution in [2.24, 2.45) is 4.99 Å². The number of hydrogen-bond donors (Lipinski definition) is 2. The first-order valence-corrected chi connectivity index (χ1v) is 6.09. The van der Waals surface area contributed by atoms with Gasteiger partial charge >= 0.3 is 0 Å². The number of fused-ring (bicyclic) bond motifs is 1. The van der Waals surface area contributed by atoms with Gasteiger partial charge in [-0.3, -0.25) is 5.43 Å². The molecule has 80 valence electrons. The monoisotopic (exact) mass is 318 g/mol. The zero-order valence-corrected chi connectivity index (χ0v) is 10.2. The molecular formula is C9H11IN4O. The third kappa shape index (κ3) is 1.38. The van der Waals surface area contributed by atoms with Gasteiger partial charge in [0.1, 0.15) is 21.6 Å². The van der Waals surface area contributed by atoms with Gasteiger partial charge in [-0.05, 0) is 35.4 Å². The van der Waals surface area contributed by atoms with Crippen molar-refractivity contribution in [2.75, 3.05) is 5.43 Å². The van der Waals surface area contributed by atoms with Gasteiger partial charge in [-0.2, -0.15) is 0 Å². The molecule has 1 aromatic rings. The molecule has 1 aromatic heterocycles. The maximum atomic E-state index is 9.72. The summed E-state index contributed by atoms with van der Waals surface area (Å²) in [6, 6.07) is 0. The summed E-state index contributed by atoms with van der Waals surface area (Å²) in [7, 11) is 0. The van der Waals surface area contributed by atoms with Gasteiger partial charge in [0.25, 0.3) is 0 Å². The highest BCUT2D eigenvalue weighted by atomic mass is 127. The van der Waals surface area contributed by atoms with Crippen LogP contribution in [0.25, 0.3) is 0 Å². The Kier molecular flexibility index (Phi) is 2.20. The topological polar surface area (TPSA) is 62.4 Å². The predicted molar refractivity (Wildman–Crippen MR) is 64.3 cm³/mol. The van der Waals surface area contributed by atoms with Gasteiger partial charge in [0.05, 0.1) is 0 Å². The summed E-state index contributed by atoms with van der Waals surface area (Å²) in [6.45, 7) is 0. The number of halogens is 1.